The summed E-state index contributed by atoms with van der Waals surface area (Å²) >= 11 is 3.51. The second kappa shape index (κ2) is 6.34. The highest BCUT2D eigenvalue weighted by Gasteiger charge is 2.43. The maximum atomic E-state index is 13.7. The molecule has 1 heterocycles. The smallest absolute Gasteiger partial charge is 0.226 e. The summed E-state index contributed by atoms with van der Waals surface area (Å²) in [6.45, 7) is 6.57. The van der Waals surface area contributed by atoms with E-state index in [4.69, 9.17) is 4.74 Å². The minimum Gasteiger partial charge on any atom is -0.493 e. The van der Waals surface area contributed by atoms with Crippen LogP contribution in [0.4, 0.5) is 4.39 Å². The van der Waals surface area contributed by atoms with Crippen LogP contribution in [0.3, 0.4) is 0 Å². The lowest BCUT2D eigenvalue weighted by atomic mass is 9.93. The molecule has 0 aromatic heterocycles. The zero-order valence-electron chi connectivity index (χ0n) is 12.7. The van der Waals surface area contributed by atoms with Crippen molar-refractivity contribution in [1.82, 2.24) is 4.90 Å². The van der Waals surface area contributed by atoms with Gasteiger partial charge >= 0.3 is 0 Å². The van der Waals surface area contributed by atoms with Crippen molar-refractivity contribution >= 4 is 21.8 Å². The van der Waals surface area contributed by atoms with Crippen LogP contribution in [0.5, 0.6) is 5.75 Å². The Kier molecular flexibility index (Phi) is 4.91. The number of carbonyl (C=O) groups excluding carboxylic acids is 1. The highest BCUT2D eigenvalue weighted by atomic mass is 79.9. The minimum absolute atomic E-state index is 0.0396. The molecule has 1 saturated heterocycles. The highest BCUT2D eigenvalue weighted by molar-refractivity contribution is 9.10. The SMILES string of the molecule is CCC1(F)CN(C(=O)CCOc2cc(C)c(Br)c(C)c2)C1. The molecule has 1 aliphatic rings. The number of rotatable bonds is 5. The van der Waals surface area contributed by atoms with Gasteiger partial charge in [-0.1, -0.05) is 22.9 Å². The first-order valence-corrected chi connectivity index (χ1v) is 8.00. The standard InChI is InChI=1S/C16H21BrFNO2/c1-4-16(18)9-19(10-16)14(20)5-6-21-13-7-11(2)15(17)12(3)8-13/h7-8H,4-6,9-10H2,1-3H3. The Balaban J connectivity index is 1.79. The van der Waals surface area contributed by atoms with Crippen LogP contribution in [-0.2, 0) is 4.79 Å². The number of benzene rings is 1. The third-order valence-corrected chi connectivity index (χ3v) is 5.18. The summed E-state index contributed by atoms with van der Waals surface area (Å²) in [7, 11) is 0. The zero-order valence-corrected chi connectivity index (χ0v) is 14.3. The van der Waals surface area contributed by atoms with E-state index in [9.17, 15) is 9.18 Å². The number of halogens is 2. The maximum absolute atomic E-state index is 13.7. The Labute approximate surface area is 133 Å². The first-order valence-electron chi connectivity index (χ1n) is 7.21. The molecule has 0 radical (unpaired) electrons. The number of alkyl halides is 1. The van der Waals surface area contributed by atoms with Crippen LogP contribution in [0.2, 0.25) is 0 Å². The lowest BCUT2D eigenvalue weighted by molar-refractivity contribution is -0.146. The van der Waals surface area contributed by atoms with Gasteiger partial charge in [0, 0.05) is 4.47 Å². The van der Waals surface area contributed by atoms with Gasteiger partial charge in [-0.25, -0.2) is 4.39 Å². The summed E-state index contributed by atoms with van der Waals surface area (Å²) in [5.41, 5.74) is 1.03. The van der Waals surface area contributed by atoms with Crippen molar-refractivity contribution in [3.05, 3.63) is 27.7 Å². The summed E-state index contributed by atoms with van der Waals surface area (Å²) in [6.07, 6.45) is 0.749. The van der Waals surface area contributed by atoms with Gasteiger partial charge in [-0.15, -0.1) is 0 Å². The van der Waals surface area contributed by atoms with E-state index in [-0.39, 0.29) is 25.4 Å². The van der Waals surface area contributed by atoms with E-state index in [1.807, 2.05) is 32.9 Å². The molecule has 0 aliphatic carbocycles. The molecule has 1 amide bonds. The number of aryl methyl sites for hydroxylation is 2. The van der Waals surface area contributed by atoms with Crippen LogP contribution < -0.4 is 4.74 Å². The predicted molar refractivity (Wildman–Crippen MR) is 84.4 cm³/mol. The van der Waals surface area contributed by atoms with E-state index in [0.29, 0.717) is 13.0 Å². The van der Waals surface area contributed by atoms with E-state index < -0.39 is 5.67 Å². The number of nitrogens with zero attached hydrogens (tertiary/aromatic N) is 1. The predicted octanol–water partition coefficient (Wildman–Crippen LogP) is 3.80. The van der Waals surface area contributed by atoms with Crippen LogP contribution >= 0.6 is 15.9 Å². The fourth-order valence-electron chi connectivity index (χ4n) is 2.44. The molecule has 0 bridgehead atoms. The average Bonchev–Trinajstić information content (AvgIpc) is 2.41. The number of hydrogen-bond donors (Lipinski definition) is 0. The van der Waals surface area contributed by atoms with Crippen molar-refractivity contribution in [2.45, 2.75) is 39.3 Å². The minimum atomic E-state index is -1.17. The Morgan fingerprint density at radius 2 is 1.95 bits per heavy atom. The molecular weight excluding hydrogens is 337 g/mol. The lowest BCUT2D eigenvalue weighted by Gasteiger charge is -2.44. The quantitative estimate of drug-likeness (QED) is 0.802. The van der Waals surface area contributed by atoms with Gasteiger partial charge in [0.2, 0.25) is 5.91 Å². The second-order valence-corrected chi connectivity index (χ2v) is 6.52. The molecule has 1 aliphatic heterocycles. The van der Waals surface area contributed by atoms with Gasteiger partial charge < -0.3 is 9.64 Å². The van der Waals surface area contributed by atoms with Gasteiger partial charge in [-0.05, 0) is 43.5 Å². The molecule has 1 aromatic rings. The van der Waals surface area contributed by atoms with Crippen molar-refractivity contribution in [3.8, 4) is 5.75 Å². The number of likely N-dealkylation sites (tertiary alicyclic amines) is 1. The summed E-state index contributed by atoms with van der Waals surface area (Å²) in [5.74, 6) is 0.722. The fourth-order valence-corrected chi connectivity index (χ4v) is 2.67. The van der Waals surface area contributed by atoms with Crippen molar-refractivity contribution in [1.29, 1.82) is 0 Å². The van der Waals surface area contributed by atoms with Crippen LogP contribution in [-0.4, -0.2) is 36.2 Å². The third-order valence-electron chi connectivity index (χ3n) is 3.93. The van der Waals surface area contributed by atoms with Crippen molar-refractivity contribution < 1.29 is 13.9 Å². The van der Waals surface area contributed by atoms with E-state index in [1.165, 1.54) is 0 Å². The first-order chi connectivity index (χ1) is 9.84. The van der Waals surface area contributed by atoms with E-state index in [2.05, 4.69) is 15.9 Å². The first kappa shape index (κ1) is 16.3. The molecule has 21 heavy (non-hydrogen) atoms. The molecule has 1 aromatic carbocycles. The van der Waals surface area contributed by atoms with Gasteiger partial charge in [-0.2, -0.15) is 0 Å². The van der Waals surface area contributed by atoms with Crippen LogP contribution in [0.1, 0.15) is 30.9 Å². The summed E-state index contributed by atoms with van der Waals surface area (Å²) in [5, 5.41) is 0. The monoisotopic (exact) mass is 357 g/mol. The van der Waals surface area contributed by atoms with Gasteiger partial charge in [0.25, 0.3) is 0 Å². The highest BCUT2D eigenvalue weighted by Crippen LogP contribution is 2.29. The van der Waals surface area contributed by atoms with Gasteiger partial charge in [0.1, 0.15) is 11.4 Å². The summed E-state index contributed by atoms with van der Waals surface area (Å²) in [4.78, 5) is 13.4. The van der Waals surface area contributed by atoms with Crippen LogP contribution in [0.15, 0.2) is 16.6 Å². The molecular formula is C16H21BrFNO2. The summed E-state index contributed by atoms with van der Waals surface area (Å²) in [6, 6.07) is 3.88. The Bertz CT molecular complexity index is 518. The number of amides is 1. The molecule has 0 atom stereocenters. The van der Waals surface area contributed by atoms with E-state index >= 15 is 0 Å². The molecule has 0 unspecified atom stereocenters. The maximum Gasteiger partial charge on any atom is 0.226 e. The molecule has 116 valence electrons. The molecule has 2 rings (SSSR count). The third kappa shape index (κ3) is 3.76. The van der Waals surface area contributed by atoms with Crippen molar-refractivity contribution in [3.63, 3.8) is 0 Å². The topological polar surface area (TPSA) is 29.5 Å². The van der Waals surface area contributed by atoms with Crippen molar-refractivity contribution in [2.24, 2.45) is 0 Å². The van der Waals surface area contributed by atoms with Gasteiger partial charge in [-0.3, -0.25) is 4.79 Å². The van der Waals surface area contributed by atoms with E-state index in [0.717, 1.165) is 21.3 Å². The van der Waals surface area contributed by atoms with E-state index in [1.54, 1.807) is 4.90 Å². The Morgan fingerprint density at radius 3 is 2.48 bits per heavy atom. The normalized spacial score (nSPS) is 16.5. The lowest BCUT2D eigenvalue weighted by Crippen LogP contribution is -2.60. The molecule has 3 nitrogen and oxygen atoms in total. The average molecular weight is 358 g/mol. The molecule has 5 heteroatoms. The number of hydrogen-bond acceptors (Lipinski definition) is 2. The molecule has 0 spiro atoms. The molecule has 0 N–H and O–H groups in total. The Hall–Kier alpha value is -1.10. The summed E-state index contributed by atoms with van der Waals surface area (Å²) < 4.78 is 20.4. The molecule has 1 fully saturated rings. The van der Waals surface area contributed by atoms with Crippen LogP contribution in [0.25, 0.3) is 0 Å². The molecule has 0 saturated carbocycles. The number of ether oxygens (including phenoxy) is 1. The van der Waals surface area contributed by atoms with Crippen molar-refractivity contribution in [2.75, 3.05) is 19.7 Å². The van der Waals surface area contributed by atoms with Gasteiger partial charge in [0.15, 0.2) is 0 Å². The van der Waals surface area contributed by atoms with Gasteiger partial charge in [0.05, 0.1) is 26.1 Å². The largest absolute Gasteiger partial charge is 0.493 e. The zero-order chi connectivity index (χ0) is 15.6. The number of carbonyl (C=O) groups is 1. The van der Waals surface area contributed by atoms with Crippen LogP contribution in [0, 0.1) is 13.8 Å². The Morgan fingerprint density at radius 1 is 1.38 bits per heavy atom. The second-order valence-electron chi connectivity index (χ2n) is 5.72. The fraction of sp³-hybridized carbons (Fsp3) is 0.562.